The van der Waals surface area contributed by atoms with Gasteiger partial charge in [-0.1, -0.05) is 30.3 Å². The lowest BCUT2D eigenvalue weighted by atomic mass is 10.1. The van der Waals surface area contributed by atoms with Gasteiger partial charge in [-0.2, -0.15) is 0 Å². The summed E-state index contributed by atoms with van der Waals surface area (Å²) < 4.78 is 12.0. The molecule has 1 atom stereocenters. The van der Waals surface area contributed by atoms with Crippen LogP contribution in [0.3, 0.4) is 0 Å². The molecule has 0 bridgehead atoms. The number of aryl methyl sites for hydroxylation is 1. The van der Waals surface area contributed by atoms with E-state index in [-0.39, 0.29) is 12.0 Å². The van der Waals surface area contributed by atoms with Crippen LogP contribution < -0.4 is 20.1 Å². The van der Waals surface area contributed by atoms with Crippen LogP contribution in [0.2, 0.25) is 0 Å². The zero-order valence-electron chi connectivity index (χ0n) is 13.6. The summed E-state index contributed by atoms with van der Waals surface area (Å²) in [7, 11) is 0. The minimum atomic E-state index is -0.0660. The van der Waals surface area contributed by atoms with E-state index in [9.17, 15) is 4.79 Å². The highest BCUT2D eigenvalue weighted by atomic mass is 16.6. The Morgan fingerprint density at radius 2 is 2.12 bits per heavy atom. The molecule has 5 nitrogen and oxygen atoms in total. The molecule has 5 heteroatoms. The van der Waals surface area contributed by atoms with Gasteiger partial charge in [0.15, 0.2) is 11.5 Å². The fourth-order valence-corrected chi connectivity index (χ4v) is 3.22. The van der Waals surface area contributed by atoms with Gasteiger partial charge in [-0.3, -0.25) is 4.79 Å². The molecule has 2 N–H and O–H groups in total. The van der Waals surface area contributed by atoms with Gasteiger partial charge >= 0.3 is 0 Å². The SMILES string of the molecule is Cc1cc2c(c3c1NC(=O)C3)OC(CNCc1ccccc1)CO2. The van der Waals surface area contributed by atoms with Gasteiger partial charge in [0.05, 0.1) is 12.1 Å². The molecule has 4 rings (SSSR count). The van der Waals surface area contributed by atoms with Crippen LogP contribution in [0.25, 0.3) is 0 Å². The van der Waals surface area contributed by atoms with Crippen LogP contribution in [-0.4, -0.2) is 25.2 Å². The Hall–Kier alpha value is -2.53. The average Bonchev–Trinajstić information content (AvgIpc) is 2.99. The zero-order valence-corrected chi connectivity index (χ0v) is 13.6. The fourth-order valence-electron chi connectivity index (χ4n) is 3.22. The highest BCUT2D eigenvalue weighted by Gasteiger charge is 2.31. The Kier molecular flexibility index (Phi) is 3.86. The highest BCUT2D eigenvalue weighted by Crippen LogP contribution is 2.44. The van der Waals surface area contributed by atoms with E-state index in [2.05, 4.69) is 22.8 Å². The molecule has 1 unspecified atom stereocenters. The minimum absolute atomic E-state index is 0.00873. The summed E-state index contributed by atoms with van der Waals surface area (Å²) in [6.07, 6.45) is 0.288. The van der Waals surface area contributed by atoms with E-state index in [0.29, 0.717) is 25.3 Å². The van der Waals surface area contributed by atoms with E-state index in [0.717, 1.165) is 29.1 Å². The maximum Gasteiger partial charge on any atom is 0.229 e. The Labute approximate surface area is 141 Å². The van der Waals surface area contributed by atoms with Crippen molar-refractivity contribution in [3.05, 3.63) is 53.1 Å². The largest absolute Gasteiger partial charge is 0.486 e. The first-order valence-corrected chi connectivity index (χ1v) is 8.21. The topological polar surface area (TPSA) is 59.6 Å². The van der Waals surface area contributed by atoms with Gasteiger partial charge < -0.3 is 20.1 Å². The van der Waals surface area contributed by atoms with Crippen molar-refractivity contribution in [3.63, 3.8) is 0 Å². The Bertz CT molecular complexity index is 774. The van der Waals surface area contributed by atoms with Crippen molar-refractivity contribution in [2.24, 2.45) is 0 Å². The number of hydrogen-bond acceptors (Lipinski definition) is 4. The van der Waals surface area contributed by atoms with Gasteiger partial charge in [0, 0.05) is 18.7 Å². The maximum atomic E-state index is 11.7. The van der Waals surface area contributed by atoms with Crippen molar-refractivity contribution in [1.82, 2.24) is 5.32 Å². The molecule has 2 aromatic rings. The first-order valence-electron chi connectivity index (χ1n) is 8.21. The lowest BCUT2D eigenvalue weighted by Gasteiger charge is -2.28. The van der Waals surface area contributed by atoms with E-state index in [1.54, 1.807) is 0 Å². The second-order valence-electron chi connectivity index (χ2n) is 6.27. The van der Waals surface area contributed by atoms with Gasteiger partial charge in [-0.25, -0.2) is 0 Å². The molecule has 2 aliphatic rings. The number of rotatable bonds is 4. The van der Waals surface area contributed by atoms with Gasteiger partial charge in [-0.15, -0.1) is 0 Å². The lowest BCUT2D eigenvalue weighted by Crippen LogP contribution is -2.38. The first kappa shape index (κ1) is 15.0. The third-order valence-corrected chi connectivity index (χ3v) is 4.40. The van der Waals surface area contributed by atoms with E-state index in [1.165, 1.54) is 5.56 Å². The van der Waals surface area contributed by atoms with Crippen molar-refractivity contribution >= 4 is 11.6 Å². The number of benzene rings is 2. The van der Waals surface area contributed by atoms with Crippen LogP contribution >= 0.6 is 0 Å². The predicted molar refractivity (Wildman–Crippen MR) is 91.6 cm³/mol. The van der Waals surface area contributed by atoms with Crippen LogP contribution in [-0.2, 0) is 17.8 Å². The molecule has 24 heavy (non-hydrogen) atoms. The number of anilines is 1. The summed E-state index contributed by atoms with van der Waals surface area (Å²) in [6.45, 7) is 3.97. The molecule has 0 radical (unpaired) electrons. The monoisotopic (exact) mass is 324 g/mol. The smallest absolute Gasteiger partial charge is 0.229 e. The zero-order chi connectivity index (χ0) is 16.5. The number of hydrogen-bond donors (Lipinski definition) is 2. The van der Waals surface area contributed by atoms with Gasteiger partial charge in [0.1, 0.15) is 12.7 Å². The molecule has 1 amide bonds. The van der Waals surface area contributed by atoms with E-state index < -0.39 is 0 Å². The molecule has 0 aliphatic carbocycles. The first-order chi connectivity index (χ1) is 11.7. The summed E-state index contributed by atoms with van der Waals surface area (Å²) in [5, 5.41) is 6.31. The number of carbonyl (C=O) groups excluding carboxylic acids is 1. The molecule has 0 aromatic heterocycles. The van der Waals surface area contributed by atoms with Crippen molar-refractivity contribution in [3.8, 4) is 11.5 Å². The second kappa shape index (κ2) is 6.17. The van der Waals surface area contributed by atoms with Crippen LogP contribution in [0, 0.1) is 6.92 Å². The predicted octanol–water partition coefficient (Wildman–Crippen LogP) is 2.42. The molecule has 2 aromatic carbocycles. The third kappa shape index (κ3) is 2.83. The Balaban J connectivity index is 1.44. The summed E-state index contributed by atoms with van der Waals surface area (Å²) in [4.78, 5) is 11.7. The van der Waals surface area contributed by atoms with Gasteiger partial charge in [-0.05, 0) is 24.1 Å². The molecule has 124 valence electrons. The fraction of sp³-hybridized carbons (Fsp3) is 0.316. The molecule has 2 heterocycles. The van der Waals surface area contributed by atoms with Crippen LogP contribution in [0.4, 0.5) is 5.69 Å². The lowest BCUT2D eigenvalue weighted by molar-refractivity contribution is -0.115. The summed E-state index contributed by atoms with van der Waals surface area (Å²) in [6, 6.07) is 12.2. The highest BCUT2D eigenvalue weighted by molar-refractivity contribution is 6.01. The van der Waals surface area contributed by atoms with Gasteiger partial charge in [0.2, 0.25) is 5.91 Å². The number of ether oxygens (including phenoxy) is 2. The Morgan fingerprint density at radius 3 is 2.96 bits per heavy atom. The van der Waals surface area contributed by atoms with Crippen molar-refractivity contribution in [2.45, 2.75) is 26.0 Å². The number of carbonyl (C=O) groups is 1. The van der Waals surface area contributed by atoms with Crippen molar-refractivity contribution in [2.75, 3.05) is 18.5 Å². The Morgan fingerprint density at radius 1 is 1.29 bits per heavy atom. The third-order valence-electron chi connectivity index (χ3n) is 4.40. The van der Waals surface area contributed by atoms with Crippen molar-refractivity contribution < 1.29 is 14.3 Å². The number of fused-ring (bicyclic) bond motifs is 3. The minimum Gasteiger partial charge on any atom is -0.486 e. The van der Waals surface area contributed by atoms with Crippen LogP contribution in [0.5, 0.6) is 11.5 Å². The molecule has 0 saturated heterocycles. The molecular weight excluding hydrogens is 304 g/mol. The van der Waals surface area contributed by atoms with E-state index in [1.807, 2.05) is 31.2 Å². The number of amides is 1. The van der Waals surface area contributed by atoms with Gasteiger partial charge in [0.25, 0.3) is 0 Å². The number of nitrogens with one attached hydrogen (secondary N) is 2. The molecule has 0 spiro atoms. The molecular formula is C19H20N2O3. The van der Waals surface area contributed by atoms with Crippen LogP contribution in [0.1, 0.15) is 16.7 Å². The normalized spacial score (nSPS) is 18.2. The average molecular weight is 324 g/mol. The van der Waals surface area contributed by atoms with E-state index >= 15 is 0 Å². The maximum absolute atomic E-state index is 11.7. The molecule has 0 saturated carbocycles. The second-order valence-corrected chi connectivity index (χ2v) is 6.27. The van der Waals surface area contributed by atoms with Crippen molar-refractivity contribution in [1.29, 1.82) is 0 Å². The quantitative estimate of drug-likeness (QED) is 0.907. The standard InChI is InChI=1S/C19H20N2O3/c1-12-7-16-19(15-8-17(22)21-18(12)15)24-14(11-23-16)10-20-9-13-5-3-2-4-6-13/h2-7,14,20H,8-11H2,1H3,(H,21,22). The summed E-state index contributed by atoms with van der Waals surface area (Å²) in [5.74, 6) is 1.46. The molecule has 0 fully saturated rings. The molecule has 2 aliphatic heterocycles. The summed E-state index contributed by atoms with van der Waals surface area (Å²) >= 11 is 0. The summed E-state index contributed by atoms with van der Waals surface area (Å²) in [5.41, 5.74) is 4.04. The van der Waals surface area contributed by atoms with Crippen LogP contribution in [0.15, 0.2) is 36.4 Å². The van der Waals surface area contributed by atoms with E-state index in [4.69, 9.17) is 9.47 Å².